The molecular formula is C49H87NO5. The van der Waals surface area contributed by atoms with E-state index in [4.69, 9.17) is 4.74 Å². The molecular weight excluding hydrogens is 683 g/mol. The average Bonchev–Trinajstić information content (AvgIpc) is 3.18. The van der Waals surface area contributed by atoms with Crippen molar-refractivity contribution in [1.29, 1.82) is 0 Å². The third-order valence-corrected chi connectivity index (χ3v) is 10.2. The molecule has 0 bridgehead atoms. The zero-order valence-electron chi connectivity index (χ0n) is 36.0. The minimum atomic E-state index is -0.815. The Bertz CT molecular complexity index is 999. The third kappa shape index (κ3) is 38.2. The fraction of sp³-hybridized carbons (Fsp3) is 0.755. The second-order valence-corrected chi connectivity index (χ2v) is 15.6. The standard InChI is InChI=1S/C49H87NO5/c1-4-7-10-13-16-19-22-23-24-25-27-30-33-36-39-42-49(54)55-45(40-37-34-31-28-26-20-17-14-11-8-5-2)43-48(53)50-46(44-51)47(52)41-38-35-32-29-21-18-15-12-9-6-3/h8,11,14,17,20,26,28,31,34,37,45-47,51-52H,4-7,9-10,12-13,15-16,18-19,21-25,27,29-30,32-33,35-36,38-44H2,1-3H3,(H,50,53)/b11-8+,17-14+,26-20-,31-28-,37-34+. The van der Waals surface area contributed by atoms with Crippen molar-refractivity contribution in [2.75, 3.05) is 6.61 Å². The van der Waals surface area contributed by atoms with Gasteiger partial charge in [-0.3, -0.25) is 9.59 Å². The average molecular weight is 770 g/mol. The summed E-state index contributed by atoms with van der Waals surface area (Å²) in [5, 5.41) is 23.5. The smallest absolute Gasteiger partial charge is 0.306 e. The monoisotopic (exact) mass is 770 g/mol. The van der Waals surface area contributed by atoms with Crippen LogP contribution in [0.4, 0.5) is 0 Å². The molecule has 0 aliphatic rings. The summed E-state index contributed by atoms with van der Waals surface area (Å²) < 4.78 is 5.82. The van der Waals surface area contributed by atoms with Gasteiger partial charge in [0.2, 0.25) is 5.91 Å². The molecule has 3 atom stereocenters. The van der Waals surface area contributed by atoms with Gasteiger partial charge in [0.1, 0.15) is 6.10 Å². The maximum absolute atomic E-state index is 13.1. The number of aliphatic hydroxyl groups is 2. The van der Waals surface area contributed by atoms with Gasteiger partial charge in [-0.15, -0.1) is 0 Å². The predicted molar refractivity (Wildman–Crippen MR) is 236 cm³/mol. The minimum absolute atomic E-state index is 0.0178. The SMILES string of the molecule is CC/C=C/C=C/C=C\C=C/C=C/CC(CC(=O)NC(CO)C(O)CCCCCCCCCCCC)OC(=O)CCCCCCCCCCCCCCCCC. The van der Waals surface area contributed by atoms with Crippen molar-refractivity contribution < 1.29 is 24.5 Å². The molecule has 6 nitrogen and oxygen atoms in total. The largest absolute Gasteiger partial charge is 0.461 e. The third-order valence-electron chi connectivity index (χ3n) is 10.2. The van der Waals surface area contributed by atoms with Gasteiger partial charge in [0.15, 0.2) is 0 Å². The Morgan fingerprint density at radius 2 is 0.945 bits per heavy atom. The van der Waals surface area contributed by atoms with E-state index in [0.717, 1.165) is 44.9 Å². The van der Waals surface area contributed by atoms with Crippen LogP contribution in [0.3, 0.4) is 0 Å². The van der Waals surface area contributed by atoms with Gasteiger partial charge in [0, 0.05) is 12.8 Å². The van der Waals surface area contributed by atoms with E-state index in [2.05, 4.69) is 32.2 Å². The van der Waals surface area contributed by atoms with E-state index >= 15 is 0 Å². The highest BCUT2D eigenvalue weighted by Crippen LogP contribution is 2.16. The van der Waals surface area contributed by atoms with Gasteiger partial charge < -0.3 is 20.3 Å². The highest BCUT2D eigenvalue weighted by atomic mass is 16.5. The molecule has 0 saturated heterocycles. The van der Waals surface area contributed by atoms with Crippen LogP contribution in [0.5, 0.6) is 0 Å². The molecule has 0 fully saturated rings. The van der Waals surface area contributed by atoms with E-state index in [1.165, 1.54) is 122 Å². The first-order valence-corrected chi connectivity index (χ1v) is 23.1. The predicted octanol–water partition coefficient (Wildman–Crippen LogP) is 13.3. The highest BCUT2D eigenvalue weighted by molar-refractivity contribution is 5.77. The second kappa shape index (κ2) is 42.7. The van der Waals surface area contributed by atoms with Crippen molar-refractivity contribution in [1.82, 2.24) is 5.32 Å². The minimum Gasteiger partial charge on any atom is -0.461 e. The highest BCUT2D eigenvalue weighted by Gasteiger charge is 2.23. The molecule has 0 aromatic rings. The van der Waals surface area contributed by atoms with Gasteiger partial charge in [-0.05, 0) is 19.3 Å². The lowest BCUT2D eigenvalue weighted by Gasteiger charge is -2.24. The van der Waals surface area contributed by atoms with Crippen LogP contribution in [0.2, 0.25) is 0 Å². The first kappa shape index (κ1) is 52.6. The van der Waals surface area contributed by atoms with Gasteiger partial charge >= 0.3 is 5.97 Å². The summed E-state index contributed by atoms with van der Waals surface area (Å²) in [6.07, 6.45) is 51.6. The van der Waals surface area contributed by atoms with Gasteiger partial charge in [-0.2, -0.15) is 0 Å². The number of rotatable bonds is 40. The van der Waals surface area contributed by atoms with Crippen LogP contribution in [0.1, 0.15) is 213 Å². The van der Waals surface area contributed by atoms with Crippen LogP contribution in [-0.2, 0) is 14.3 Å². The molecule has 318 valence electrons. The Morgan fingerprint density at radius 1 is 0.545 bits per heavy atom. The van der Waals surface area contributed by atoms with Crippen LogP contribution >= 0.6 is 0 Å². The van der Waals surface area contributed by atoms with Crippen LogP contribution in [-0.4, -0.2) is 46.9 Å². The summed E-state index contributed by atoms with van der Waals surface area (Å²) in [5.41, 5.74) is 0. The summed E-state index contributed by atoms with van der Waals surface area (Å²) in [6.45, 7) is 6.27. The zero-order chi connectivity index (χ0) is 40.3. The van der Waals surface area contributed by atoms with Gasteiger partial charge in [0.25, 0.3) is 0 Å². The first-order chi connectivity index (χ1) is 27.0. The van der Waals surface area contributed by atoms with Crippen molar-refractivity contribution in [2.45, 2.75) is 232 Å². The number of amides is 1. The molecule has 1 amide bonds. The molecule has 6 heteroatoms. The summed E-state index contributed by atoms with van der Waals surface area (Å²) >= 11 is 0. The number of unbranched alkanes of at least 4 members (excludes halogenated alkanes) is 23. The molecule has 0 heterocycles. The molecule has 3 unspecified atom stereocenters. The number of hydrogen-bond acceptors (Lipinski definition) is 5. The number of nitrogens with one attached hydrogen (secondary N) is 1. The van der Waals surface area contributed by atoms with E-state index in [1.807, 2.05) is 54.7 Å². The second-order valence-electron chi connectivity index (χ2n) is 15.6. The maximum atomic E-state index is 13.1. The zero-order valence-corrected chi connectivity index (χ0v) is 36.0. The lowest BCUT2D eigenvalue weighted by molar-refractivity contribution is -0.150. The maximum Gasteiger partial charge on any atom is 0.306 e. The molecule has 0 saturated carbocycles. The van der Waals surface area contributed by atoms with E-state index in [1.54, 1.807) is 0 Å². The molecule has 0 aromatic carbocycles. The Labute approximate surface area is 339 Å². The van der Waals surface area contributed by atoms with E-state index in [0.29, 0.717) is 19.3 Å². The summed E-state index contributed by atoms with van der Waals surface area (Å²) in [5.74, 6) is -0.607. The van der Waals surface area contributed by atoms with E-state index in [-0.39, 0.29) is 24.9 Å². The lowest BCUT2D eigenvalue weighted by atomic mass is 10.0. The van der Waals surface area contributed by atoms with Gasteiger partial charge in [-0.25, -0.2) is 0 Å². The van der Waals surface area contributed by atoms with Crippen LogP contribution in [0, 0.1) is 0 Å². The lowest BCUT2D eigenvalue weighted by Crippen LogP contribution is -2.46. The Kier molecular flexibility index (Phi) is 40.8. The fourth-order valence-electron chi connectivity index (χ4n) is 6.75. The number of allylic oxidation sites excluding steroid dienone is 9. The Hall–Kier alpha value is -2.44. The summed E-state index contributed by atoms with van der Waals surface area (Å²) in [7, 11) is 0. The van der Waals surface area contributed by atoms with Crippen molar-refractivity contribution in [2.24, 2.45) is 0 Å². The fourth-order valence-corrected chi connectivity index (χ4v) is 6.75. The molecule has 0 radical (unpaired) electrons. The number of ether oxygens (including phenoxy) is 1. The van der Waals surface area contributed by atoms with Crippen molar-refractivity contribution >= 4 is 11.9 Å². The molecule has 55 heavy (non-hydrogen) atoms. The van der Waals surface area contributed by atoms with Crippen molar-refractivity contribution in [3.05, 3.63) is 60.8 Å². The first-order valence-electron chi connectivity index (χ1n) is 23.1. The van der Waals surface area contributed by atoms with Crippen molar-refractivity contribution in [3.8, 4) is 0 Å². The molecule has 0 spiro atoms. The summed E-state index contributed by atoms with van der Waals surface area (Å²) in [6, 6.07) is -0.737. The molecule has 0 aliphatic heterocycles. The van der Waals surface area contributed by atoms with Crippen LogP contribution < -0.4 is 5.32 Å². The van der Waals surface area contributed by atoms with E-state index in [9.17, 15) is 19.8 Å². The number of carbonyl (C=O) groups is 2. The van der Waals surface area contributed by atoms with Crippen molar-refractivity contribution in [3.63, 3.8) is 0 Å². The number of esters is 1. The van der Waals surface area contributed by atoms with Crippen LogP contribution in [0.15, 0.2) is 60.8 Å². The van der Waals surface area contributed by atoms with Gasteiger partial charge in [-0.1, -0.05) is 236 Å². The van der Waals surface area contributed by atoms with Crippen LogP contribution in [0.25, 0.3) is 0 Å². The number of hydrogen-bond donors (Lipinski definition) is 3. The topological polar surface area (TPSA) is 95.9 Å². The number of aliphatic hydroxyl groups excluding tert-OH is 2. The number of carbonyl (C=O) groups excluding carboxylic acids is 2. The van der Waals surface area contributed by atoms with E-state index < -0.39 is 18.2 Å². The Balaban J connectivity index is 4.68. The Morgan fingerprint density at radius 3 is 1.38 bits per heavy atom. The summed E-state index contributed by atoms with van der Waals surface area (Å²) in [4.78, 5) is 25.9. The quantitative estimate of drug-likeness (QED) is 0.0328. The molecule has 0 aromatic heterocycles. The van der Waals surface area contributed by atoms with Gasteiger partial charge in [0.05, 0.1) is 25.2 Å². The molecule has 0 aliphatic carbocycles. The molecule has 3 N–H and O–H groups in total. The molecule has 0 rings (SSSR count). The normalized spacial score (nSPS) is 13.9.